The van der Waals surface area contributed by atoms with Crippen LogP contribution in [0.2, 0.25) is 0 Å². The smallest absolute Gasteiger partial charge is 0.247 e. The van der Waals surface area contributed by atoms with Crippen LogP contribution in [0.5, 0.6) is 0 Å². The molecule has 6 heteroatoms. The molecule has 0 radical (unpaired) electrons. The van der Waals surface area contributed by atoms with E-state index in [0.717, 1.165) is 5.57 Å². The number of hydrogen-bond donors (Lipinski definition) is 0. The molecular weight excluding hydrogens is 226 g/mol. The molecule has 88 valence electrons. The Morgan fingerprint density at radius 2 is 2.06 bits per heavy atom. The fourth-order valence-corrected chi connectivity index (χ4v) is 3.44. The molecular formula is C10H15N3O2S. The summed E-state index contributed by atoms with van der Waals surface area (Å²) in [4.78, 5) is 0.304. The molecule has 0 atom stereocenters. The first-order valence-electron chi connectivity index (χ1n) is 5.07. The number of aryl methyl sites for hydroxylation is 2. The molecule has 0 saturated heterocycles. The second-order valence-electron chi connectivity index (χ2n) is 4.10. The van der Waals surface area contributed by atoms with Crippen LogP contribution in [-0.2, 0) is 17.1 Å². The van der Waals surface area contributed by atoms with Crippen LogP contribution in [0, 0.1) is 6.92 Å². The lowest BCUT2D eigenvalue weighted by atomic mass is 10.3. The van der Waals surface area contributed by atoms with E-state index in [1.54, 1.807) is 20.2 Å². The highest BCUT2D eigenvalue weighted by atomic mass is 32.2. The number of sulfonamides is 1. The SMILES string of the molecule is CC1=CCN(S(=O)(=O)c2cn(C)nc2C)C1. The van der Waals surface area contributed by atoms with Crippen LogP contribution in [0.15, 0.2) is 22.7 Å². The van der Waals surface area contributed by atoms with Gasteiger partial charge in [0.25, 0.3) is 0 Å². The van der Waals surface area contributed by atoms with Gasteiger partial charge in [0.1, 0.15) is 4.90 Å². The highest BCUT2D eigenvalue weighted by Crippen LogP contribution is 2.22. The van der Waals surface area contributed by atoms with E-state index in [4.69, 9.17) is 0 Å². The van der Waals surface area contributed by atoms with Gasteiger partial charge in [0.15, 0.2) is 0 Å². The fourth-order valence-electron chi connectivity index (χ4n) is 1.82. The number of aromatic nitrogens is 2. The Labute approximate surface area is 95.4 Å². The lowest BCUT2D eigenvalue weighted by Crippen LogP contribution is -2.29. The van der Waals surface area contributed by atoms with Crippen LogP contribution in [0.1, 0.15) is 12.6 Å². The van der Waals surface area contributed by atoms with E-state index >= 15 is 0 Å². The molecule has 0 unspecified atom stereocenters. The van der Waals surface area contributed by atoms with Crippen molar-refractivity contribution in [2.24, 2.45) is 7.05 Å². The van der Waals surface area contributed by atoms with Crippen molar-refractivity contribution in [3.8, 4) is 0 Å². The summed E-state index contributed by atoms with van der Waals surface area (Å²) in [5.74, 6) is 0. The highest BCUT2D eigenvalue weighted by Gasteiger charge is 2.29. The van der Waals surface area contributed by atoms with E-state index in [-0.39, 0.29) is 0 Å². The molecule has 0 saturated carbocycles. The van der Waals surface area contributed by atoms with Crippen molar-refractivity contribution >= 4 is 10.0 Å². The summed E-state index contributed by atoms with van der Waals surface area (Å²) >= 11 is 0. The zero-order valence-corrected chi connectivity index (χ0v) is 10.5. The average Bonchev–Trinajstić information content (AvgIpc) is 2.73. The van der Waals surface area contributed by atoms with E-state index < -0.39 is 10.0 Å². The van der Waals surface area contributed by atoms with Crippen molar-refractivity contribution in [3.63, 3.8) is 0 Å². The summed E-state index contributed by atoms with van der Waals surface area (Å²) in [6.45, 7) is 4.59. The molecule has 0 fully saturated rings. The molecule has 16 heavy (non-hydrogen) atoms. The third-order valence-corrected chi connectivity index (χ3v) is 4.57. The molecule has 1 aliphatic rings. The predicted molar refractivity (Wildman–Crippen MR) is 60.5 cm³/mol. The van der Waals surface area contributed by atoms with Gasteiger partial charge in [-0.25, -0.2) is 8.42 Å². The van der Waals surface area contributed by atoms with Gasteiger partial charge >= 0.3 is 0 Å². The van der Waals surface area contributed by atoms with Gasteiger partial charge in [-0.3, -0.25) is 4.68 Å². The molecule has 1 aliphatic heterocycles. The minimum atomic E-state index is -3.38. The number of hydrogen-bond acceptors (Lipinski definition) is 3. The van der Waals surface area contributed by atoms with E-state index in [2.05, 4.69) is 5.10 Å². The molecule has 2 heterocycles. The van der Waals surface area contributed by atoms with Gasteiger partial charge < -0.3 is 0 Å². The predicted octanol–water partition coefficient (Wildman–Crippen LogP) is 0.679. The quantitative estimate of drug-likeness (QED) is 0.715. The van der Waals surface area contributed by atoms with Crippen LogP contribution >= 0.6 is 0 Å². The third-order valence-electron chi connectivity index (χ3n) is 2.66. The second kappa shape index (κ2) is 3.71. The standard InChI is InChI=1S/C10H15N3O2S/c1-8-4-5-13(6-8)16(14,15)10-7-12(3)11-9(10)2/h4,7H,5-6H2,1-3H3. The third kappa shape index (κ3) is 1.78. The van der Waals surface area contributed by atoms with Crippen LogP contribution in [0.25, 0.3) is 0 Å². The Morgan fingerprint density at radius 3 is 2.50 bits per heavy atom. The van der Waals surface area contributed by atoms with Crippen molar-refractivity contribution in [1.29, 1.82) is 0 Å². The van der Waals surface area contributed by atoms with E-state index in [9.17, 15) is 8.42 Å². The largest absolute Gasteiger partial charge is 0.274 e. The van der Waals surface area contributed by atoms with Crippen molar-refractivity contribution in [3.05, 3.63) is 23.5 Å². The monoisotopic (exact) mass is 241 g/mol. The Morgan fingerprint density at radius 1 is 1.38 bits per heavy atom. The maximum absolute atomic E-state index is 12.3. The molecule has 0 bridgehead atoms. The molecule has 1 aromatic rings. The zero-order chi connectivity index (χ0) is 11.9. The lowest BCUT2D eigenvalue weighted by molar-refractivity contribution is 0.484. The van der Waals surface area contributed by atoms with Gasteiger partial charge in [-0.1, -0.05) is 11.6 Å². The molecule has 0 amide bonds. The van der Waals surface area contributed by atoms with Gasteiger partial charge in [-0.05, 0) is 13.8 Å². The zero-order valence-electron chi connectivity index (χ0n) is 9.64. The molecule has 0 aliphatic carbocycles. The summed E-state index contributed by atoms with van der Waals surface area (Å²) in [6.07, 6.45) is 3.49. The molecule has 5 nitrogen and oxygen atoms in total. The Hall–Kier alpha value is -1.14. The minimum Gasteiger partial charge on any atom is -0.274 e. The summed E-state index contributed by atoms with van der Waals surface area (Å²) in [5.41, 5.74) is 1.64. The maximum Gasteiger partial charge on any atom is 0.247 e. The van der Waals surface area contributed by atoms with Crippen molar-refractivity contribution in [1.82, 2.24) is 14.1 Å². The number of rotatable bonds is 2. The van der Waals surface area contributed by atoms with Gasteiger partial charge in [0.2, 0.25) is 10.0 Å². The summed E-state index contributed by atoms with van der Waals surface area (Å²) < 4.78 is 27.5. The molecule has 0 spiro atoms. The lowest BCUT2D eigenvalue weighted by Gasteiger charge is -2.15. The summed E-state index contributed by atoms with van der Waals surface area (Å²) in [5, 5.41) is 4.06. The molecule has 1 aromatic heterocycles. The van der Waals surface area contributed by atoms with Gasteiger partial charge in [-0.2, -0.15) is 9.40 Å². The van der Waals surface area contributed by atoms with Crippen LogP contribution in [-0.4, -0.2) is 35.6 Å². The number of nitrogens with zero attached hydrogens (tertiary/aromatic N) is 3. The van der Waals surface area contributed by atoms with E-state index in [1.165, 1.54) is 8.99 Å². The Bertz CT molecular complexity index is 542. The van der Waals surface area contributed by atoms with E-state index in [1.807, 2.05) is 13.0 Å². The van der Waals surface area contributed by atoms with Crippen molar-refractivity contribution < 1.29 is 8.42 Å². The van der Waals surface area contributed by atoms with Crippen molar-refractivity contribution in [2.45, 2.75) is 18.7 Å². The fraction of sp³-hybridized carbons (Fsp3) is 0.500. The molecule has 0 aromatic carbocycles. The van der Waals surface area contributed by atoms with Crippen LogP contribution < -0.4 is 0 Å². The molecule has 2 rings (SSSR count). The molecule has 0 N–H and O–H groups in total. The normalized spacial score (nSPS) is 17.8. The van der Waals surface area contributed by atoms with Gasteiger partial charge in [0.05, 0.1) is 5.69 Å². The van der Waals surface area contributed by atoms with Gasteiger partial charge in [0, 0.05) is 26.3 Å². The summed E-state index contributed by atoms with van der Waals surface area (Å²) in [6, 6.07) is 0. The Balaban J connectivity index is 2.37. The minimum absolute atomic E-state index is 0.304. The first kappa shape index (κ1) is 11.3. The summed E-state index contributed by atoms with van der Waals surface area (Å²) in [7, 11) is -1.66. The second-order valence-corrected chi connectivity index (χ2v) is 6.01. The Kier molecular flexibility index (Phi) is 2.63. The van der Waals surface area contributed by atoms with Crippen LogP contribution in [0.3, 0.4) is 0 Å². The highest BCUT2D eigenvalue weighted by molar-refractivity contribution is 7.89. The first-order chi connectivity index (χ1) is 7.41. The topological polar surface area (TPSA) is 55.2 Å². The van der Waals surface area contributed by atoms with Crippen molar-refractivity contribution in [2.75, 3.05) is 13.1 Å². The average molecular weight is 241 g/mol. The first-order valence-corrected chi connectivity index (χ1v) is 6.51. The van der Waals surface area contributed by atoms with E-state index in [0.29, 0.717) is 23.7 Å². The van der Waals surface area contributed by atoms with Crippen LogP contribution in [0.4, 0.5) is 0 Å². The maximum atomic E-state index is 12.3. The van der Waals surface area contributed by atoms with Gasteiger partial charge in [-0.15, -0.1) is 0 Å².